The molecule has 3 N–H and O–H groups in total. The number of amides is 1. The van der Waals surface area contributed by atoms with Gasteiger partial charge in [0, 0.05) is 5.69 Å². The molecule has 1 amide bonds. The highest BCUT2D eigenvalue weighted by Crippen LogP contribution is 2.30. The normalized spacial score (nSPS) is 14.9. The number of carboxylic acids is 1. The van der Waals surface area contributed by atoms with Crippen molar-refractivity contribution in [1.82, 2.24) is 9.78 Å². The number of aromatic nitrogens is 2. The highest BCUT2D eigenvalue weighted by Gasteiger charge is 2.27. The minimum absolute atomic E-state index is 0.0178. The first-order valence-corrected chi connectivity index (χ1v) is 10.1. The van der Waals surface area contributed by atoms with Crippen LogP contribution in [0, 0.1) is 0 Å². The zero-order valence-electron chi connectivity index (χ0n) is 17.4. The highest BCUT2D eigenvalue weighted by molar-refractivity contribution is 6.08. The van der Waals surface area contributed by atoms with Crippen LogP contribution in [0.5, 0.6) is 5.75 Å². The predicted molar refractivity (Wildman–Crippen MR) is 122 cm³/mol. The van der Waals surface area contributed by atoms with E-state index in [1.807, 2.05) is 49.4 Å². The summed E-state index contributed by atoms with van der Waals surface area (Å²) in [6, 6.07) is 16.2. The Morgan fingerprint density at radius 3 is 2.62 bits per heavy atom. The van der Waals surface area contributed by atoms with Gasteiger partial charge in [0.2, 0.25) is 0 Å². The molecular weight excluding hydrogens is 408 g/mol. The number of ether oxygens (including phenoxy) is 1. The van der Waals surface area contributed by atoms with Crippen molar-refractivity contribution in [1.29, 1.82) is 0 Å². The molecule has 4 rings (SSSR count). The molecule has 32 heavy (non-hydrogen) atoms. The molecule has 0 unspecified atom stereocenters. The van der Waals surface area contributed by atoms with Gasteiger partial charge in [-0.3, -0.25) is 4.79 Å². The molecule has 3 aromatic rings. The van der Waals surface area contributed by atoms with E-state index >= 15 is 0 Å². The Bertz CT molecular complexity index is 1180. The van der Waals surface area contributed by atoms with Crippen molar-refractivity contribution in [3.05, 3.63) is 89.8 Å². The lowest BCUT2D eigenvalue weighted by molar-refractivity contribution is -0.132. The summed E-state index contributed by atoms with van der Waals surface area (Å²) in [6.07, 6.45) is 6.70. The summed E-state index contributed by atoms with van der Waals surface area (Å²) in [5.41, 5.74) is 1.78. The second kappa shape index (κ2) is 9.22. The largest absolute Gasteiger partial charge is 0.494 e. The van der Waals surface area contributed by atoms with Crippen molar-refractivity contribution in [2.45, 2.75) is 13.0 Å². The molecule has 0 saturated carbocycles. The van der Waals surface area contributed by atoms with Crippen LogP contribution in [-0.2, 0) is 4.79 Å². The second-order valence-corrected chi connectivity index (χ2v) is 7.03. The number of allylic oxidation sites excluding steroid dienone is 2. The molecule has 2 aromatic carbocycles. The highest BCUT2D eigenvalue weighted by atomic mass is 16.5. The maximum Gasteiger partial charge on any atom is 0.352 e. The zero-order valence-corrected chi connectivity index (χ0v) is 17.4. The summed E-state index contributed by atoms with van der Waals surface area (Å²) in [7, 11) is 0. The summed E-state index contributed by atoms with van der Waals surface area (Å²) >= 11 is 0. The fraction of sp³-hybridized carbons (Fsp3) is 0.125. The summed E-state index contributed by atoms with van der Waals surface area (Å²) in [4.78, 5) is 24.6. The predicted octanol–water partition coefficient (Wildman–Crippen LogP) is 4.18. The Morgan fingerprint density at radius 1 is 1.19 bits per heavy atom. The number of nitrogens with zero attached hydrogens (tertiary/aromatic N) is 2. The number of hydrogen-bond acceptors (Lipinski definition) is 5. The van der Waals surface area contributed by atoms with E-state index in [9.17, 15) is 14.7 Å². The third kappa shape index (κ3) is 4.54. The van der Waals surface area contributed by atoms with Gasteiger partial charge in [-0.1, -0.05) is 42.5 Å². The molecule has 0 aliphatic carbocycles. The second-order valence-electron chi connectivity index (χ2n) is 7.03. The van der Waals surface area contributed by atoms with Gasteiger partial charge >= 0.3 is 5.97 Å². The Kier molecular flexibility index (Phi) is 6.03. The van der Waals surface area contributed by atoms with Gasteiger partial charge in [-0.25, -0.2) is 9.48 Å². The lowest BCUT2D eigenvalue weighted by Crippen LogP contribution is -2.24. The molecule has 0 bridgehead atoms. The van der Waals surface area contributed by atoms with Crippen molar-refractivity contribution < 1.29 is 19.4 Å². The Hall–Kier alpha value is -4.33. The van der Waals surface area contributed by atoms with Gasteiger partial charge in [0.15, 0.2) is 0 Å². The van der Waals surface area contributed by atoms with Gasteiger partial charge in [0.05, 0.1) is 18.8 Å². The quantitative estimate of drug-likeness (QED) is 0.519. The van der Waals surface area contributed by atoms with Crippen LogP contribution in [0.2, 0.25) is 0 Å². The number of carboxylic acid groups (broad SMARTS) is 1. The van der Waals surface area contributed by atoms with Gasteiger partial charge in [-0.05, 0) is 42.8 Å². The molecule has 2 heterocycles. The summed E-state index contributed by atoms with van der Waals surface area (Å²) < 4.78 is 6.99. The van der Waals surface area contributed by atoms with Crippen LogP contribution < -0.4 is 15.4 Å². The summed E-state index contributed by atoms with van der Waals surface area (Å²) in [5, 5.41) is 19.5. The number of aliphatic carboxylic acids is 1. The summed E-state index contributed by atoms with van der Waals surface area (Å²) in [6.45, 7) is 2.45. The SMILES string of the molecule is CCOc1ccc(NC(=O)c2cnn3c2NC(C(=O)O)=C[C@H]3/C=C/c2ccccc2)cc1. The maximum atomic E-state index is 12.9. The van der Waals surface area contributed by atoms with Crippen molar-refractivity contribution in [2.24, 2.45) is 0 Å². The first kappa shape index (κ1) is 20.9. The maximum absolute atomic E-state index is 12.9. The Morgan fingerprint density at radius 2 is 1.94 bits per heavy atom. The van der Waals surface area contributed by atoms with Gasteiger partial charge in [0.25, 0.3) is 5.91 Å². The molecule has 0 radical (unpaired) electrons. The molecule has 0 saturated heterocycles. The lowest BCUT2D eigenvalue weighted by Gasteiger charge is -2.22. The van der Waals surface area contributed by atoms with Crippen LogP contribution in [0.4, 0.5) is 11.5 Å². The fourth-order valence-corrected chi connectivity index (χ4v) is 3.32. The molecule has 162 valence electrons. The molecule has 1 atom stereocenters. The topological polar surface area (TPSA) is 105 Å². The third-order valence-corrected chi connectivity index (χ3v) is 4.85. The molecule has 8 nitrogen and oxygen atoms in total. The standard InChI is InChI=1S/C24H22N4O4/c1-2-32-19-12-9-17(10-13-19)26-23(29)20-15-25-28-18(11-8-16-6-4-3-5-7-16)14-21(24(30)31)27-22(20)28/h3-15,18,27H,2H2,1H3,(H,26,29)(H,30,31)/b11-8+/t18-/m1/s1. The molecule has 1 aromatic heterocycles. The molecule has 0 fully saturated rings. The van der Waals surface area contributed by atoms with E-state index in [0.29, 0.717) is 23.9 Å². The van der Waals surface area contributed by atoms with Crippen molar-refractivity contribution >= 4 is 29.5 Å². The number of hydrogen-bond donors (Lipinski definition) is 3. The van der Waals surface area contributed by atoms with E-state index in [1.54, 1.807) is 35.0 Å². The summed E-state index contributed by atoms with van der Waals surface area (Å²) in [5.74, 6) is -0.496. The molecule has 8 heteroatoms. The first-order chi connectivity index (χ1) is 15.5. The van der Waals surface area contributed by atoms with E-state index in [0.717, 1.165) is 5.56 Å². The van der Waals surface area contributed by atoms with E-state index in [-0.39, 0.29) is 11.3 Å². The van der Waals surface area contributed by atoms with Gasteiger partial charge in [0.1, 0.15) is 22.8 Å². The Labute approximate surface area is 184 Å². The monoisotopic (exact) mass is 430 g/mol. The number of rotatable bonds is 7. The average molecular weight is 430 g/mol. The Balaban J connectivity index is 1.59. The molecule has 1 aliphatic rings. The third-order valence-electron chi connectivity index (χ3n) is 4.85. The van der Waals surface area contributed by atoms with Crippen LogP contribution in [-0.4, -0.2) is 33.4 Å². The number of nitrogens with one attached hydrogen (secondary N) is 2. The first-order valence-electron chi connectivity index (χ1n) is 10.1. The van der Waals surface area contributed by atoms with E-state index < -0.39 is 17.9 Å². The minimum Gasteiger partial charge on any atom is -0.494 e. The molecule has 0 spiro atoms. The van der Waals surface area contributed by atoms with Gasteiger partial charge in [-0.15, -0.1) is 0 Å². The number of anilines is 2. The van der Waals surface area contributed by atoms with E-state index in [4.69, 9.17) is 4.74 Å². The van der Waals surface area contributed by atoms with Crippen molar-refractivity contribution in [3.8, 4) is 5.75 Å². The fourth-order valence-electron chi connectivity index (χ4n) is 3.32. The number of carbonyl (C=O) groups is 2. The smallest absolute Gasteiger partial charge is 0.352 e. The zero-order chi connectivity index (χ0) is 22.5. The van der Waals surface area contributed by atoms with E-state index in [2.05, 4.69) is 15.7 Å². The van der Waals surface area contributed by atoms with Crippen LogP contribution in [0.15, 0.2) is 78.6 Å². The van der Waals surface area contributed by atoms with Crippen LogP contribution in [0.25, 0.3) is 6.08 Å². The van der Waals surface area contributed by atoms with Crippen LogP contribution in [0.1, 0.15) is 28.9 Å². The molecular formula is C24H22N4O4. The van der Waals surface area contributed by atoms with Crippen LogP contribution in [0.3, 0.4) is 0 Å². The molecule has 1 aliphatic heterocycles. The number of carbonyl (C=O) groups excluding carboxylic acids is 1. The number of fused-ring (bicyclic) bond motifs is 1. The van der Waals surface area contributed by atoms with Crippen molar-refractivity contribution in [2.75, 3.05) is 17.2 Å². The van der Waals surface area contributed by atoms with Crippen LogP contribution >= 0.6 is 0 Å². The van der Waals surface area contributed by atoms with Gasteiger partial charge < -0.3 is 20.5 Å². The van der Waals surface area contributed by atoms with Crippen molar-refractivity contribution in [3.63, 3.8) is 0 Å². The average Bonchev–Trinajstić information content (AvgIpc) is 3.24. The lowest BCUT2D eigenvalue weighted by atomic mass is 10.1. The minimum atomic E-state index is -1.12. The van der Waals surface area contributed by atoms with Gasteiger partial charge in [-0.2, -0.15) is 5.10 Å². The van der Waals surface area contributed by atoms with E-state index in [1.165, 1.54) is 6.20 Å². The number of benzene rings is 2.